The van der Waals surface area contributed by atoms with Crippen LogP contribution in [0.25, 0.3) is 0 Å². The Balaban J connectivity index is 1.71. The van der Waals surface area contributed by atoms with E-state index in [1.807, 2.05) is 4.90 Å². The molecule has 0 spiro atoms. The normalized spacial score (nSPS) is 21.3. The van der Waals surface area contributed by atoms with Crippen molar-refractivity contribution >= 4 is 17.4 Å². The lowest BCUT2D eigenvalue weighted by molar-refractivity contribution is 0.247. The predicted octanol–water partition coefficient (Wildman–Crippen LogP) is 2.24. The first kappa shape index (κ1) is 12.2. The fourth-order valence-electron chi connectivity index (χ4n) is 2.53. The van der Waals surface area contributed by atoms with Gasteiger partial charge in [0.15, 0.2) is 11.6 Å². The van der Waals surface area contributed by atoms with E-state index in [1.54, 1.807) is 12.3 Å². The molecule has 0 unspecified atom stereocenters. The molecule has 0 atom stereocenters. The quantitative estimate of drug-likeness (QED) is 0.785. The molecule has 1 aliphatic carbocycles. The summed E-state index contributed by atoms with van der Waals surface area (Å²) >= 11 is 5.72. The van der Waals surface area contributed by atoms with Gasteiger partial charge in [-0.3, -0.25) is 4.90 Å². The average Bonchev–Trinajstić information content (AvgIpc) is 3.24. The van der Waals surface area contributed by atoms with Gasteiger partial charge in [-0.25, -0.2) is 9.37 Å². The van der Waals surface area contributed by atoms with E-state index in [-0.39, 0.29) is 11.7 Å². The molecule has 3 rings (SSSR count). The second-order valence-electron chi connectivity index (χ2n) is 5.00. The highest BCUT2D eigenvalue weighted by Crippen LogP contribution is 2.29. The zero-order chi connectivity index (χ0) is 12.5. The van der Waals surface area contributed by atoms with Crippen molar-refractivity contribution in [3.05, 3.63) is 23.6 Å². The lowest BCUT2D eigenvalue weighted by atomic mass is 10.2. The van der Waals surface area contributed by atoms with E-state index < -0.39 is 0 Å². The molecule has 0 N–H and O–H groups in total. The fraction of sp³-hybridized carbons (Fsp3) is 0.615. The van der Waals surface area contributed by atoms with Gasteiger partial charge in [0.05, 0.1) is 5.88 Å². The number of rotatable bonds is 3. The van der Waals surface area contributed by atoms with Crippen LogP contribution < -0.4 is 4.90 Å². The topological polar surface area (TPSA) is 19.4 Å². The molecule has 2 aliphatic rings. The summed E-state index contributed by atoms with van der Waals surface area (Å²) in [5, 5.41) is 0. The summed E-state index contributed by atoms with van der Waals surface area (Å²) in [6.07, 6.45) is 4.30. The average molecular weight is 270 g/mol. The molecule has 1 aromatic heterocycles. The number of piperazine rings is 1. The molecule has 2 heterocycles. The Morgan fingerprint density at radius 2 is 2.00 bits per heavy atom. The van der Waals surface area contributed by atoms with Crippen molar-refractivity contribution in [2.45, 2.75) is 24.8 Å². The Morgan fingerprint density at radius 1 is 1.28 bits per heavy atom. The molecule has 98 valence electrons. The van der Waals surface area contributed by atoms with E-state index in [0.29, 0.717) is 11.4 Å². The maximum atomic E-state index is 14.1. The highest BCUT2D eigenvalue weighted by molar-refractivity contribution is 6.17. The monoisotopic (exact) mass is 269 g/mol. The van der Waals surface area contributed by atoms with Gasteiger partial charge in [0, 0.05) is 44.0 Å². The van der Waals surface area contributed by atoms with Crippen LogP contribution in [-0.4, -0.2) is 42.1 Å². The molecule has 18 heavy (non-hydrogen) atoms. The molecule has 0 radical (unpaired) electrons. The van der Waals surface area contributed by atoms with Gasteiger partial charge in [0.25, 0.3) is 0 Å². The maximum Gasteiger partial charge on any atom is 0.170 e. The second kappa shape index (κ2) is 5.02. The first-order valence-corrected chi connectivity index (χ1v) is 7.01. The van der Waals surface area contributed by atoms with Gasteiger partial charge < -0.3 is 4.90 Å². The van der Waals surface area contributed by atoms with Crippen LogP contribution >= 0.6 is 11.6 Å². The van der Waals surface area contributed by atoms with Crippen LogP contribution in [0.3, 0.4) is 0 Å². The van der Waals surface area contributed by atoms with Gasteiger partial charge in [-0.2, -0.15) is 0 Å². The van der Waals surface area contributed by atoms with Gasteiger partial charge in [0.2, 0.25) is 0 Å². The van der Waals surface area contributed by atoms with Crippen molar-refractivity contribution in [3.63, 3.8) is 0 Å². The SMILES string of the molecule is Fc1c(CCl)ccnc1N1CCN(C2CC2)CC1. The van der Waals surface area contributed by atoms with Gasteiger partial charge in [-0.15, -0.1) is 11.6 Å². The standard InChI is InChI=1S/C13H17ClFN3/c14-9-10-3-4-16-13(12(10)15)18-7-5-17(6-8-18)11-1-2-11/h3-4,11H,1-2,5-9H2. The summed E-state index contributed by atoms with van der Waals surface area (Å²) in [6, 6.07) is 2.44. The van der Waals surface area contributed by atoms with Crippen LogP contribution in [0.1, 0.15) is 18.4 Å². The van der Waals surface area contributed by atoms with E-state index in [2.05, 4.69) is 9.88 Å². The lowest BCUT2D eigenvalue weighted by Gasteiger charge is -2.35. The molecule has 1 aromatic rings. The van der Waals surface area contributed by atoms with Gasteiger partial charge in [-0.1, -0.05) is 0 Å². The number of hydrogen-bond acceptors (Lipinski definition) is 3. The van der Waals surface area contributed by atoms with Crippen molar-refractivity contribution < 1.29 is 4.39 Å². The van der Waals surface area contributed by atoms with E-state index in [9.17, 15) is 4.39 Å². The highest BCUT2D eigenvalue weighted by Gasteiger charge is 2.32. The minimum atomic E-state index is -0.257. The number of anilines is 1. The summed E-state index contributed by atoms with van der Waals surface area (Å²) < 4.78 is 14.1. The van der Waals surface area contributed by atoms with Gasteiger partial charge in [0.1, 0.15) is 0 Å². The Hall–Kier alpha value is -0.870. The van der Waals surface area contributed by atoms with Crippen LogP contribution in [0.15, 0.2) is 12.3 Å². The molecule has 3 nitrogen and oxygen atoms in total. The van der Waals surface area contributed by atoms with Crippen LogP contribution in [0.4, 0.5) is 10.2 Å². The van der Waals surface area contributed by atoms with E-state index in [1.165, 1.54) is 12.8 Å². The van der Waals surface area contributed by atoms with Crippen molar-refractivity contribution in [2.75, 3.05) is 31.1 Å². The number of aromatic nitrogens is 1. The molecular weight excluding hydrogens is 253 g/mol. The number of halogens is 2. The molecule has 5 heteroatoms. The first-order valence-electron chi connectivity index (χ1n) is 6.48. The third kappa shape index (κ3) is 2.31. The van der Waals surface area contributed by atoms with Gasteiger partial charge in [-0.05, 0) is 18.9 Å². The number of nitrogens with zero attached hydrogens (tertiary/aromatic N) is 3. The summed E-state index contributed by atoms with van der Waals surface area (Å²) in [7, 11) is 0. The smallest absolute Gasteiger partial charge is 0.170 e. The second-order valence-corrected chi connectivity index (χ2v) is 5.26. The van der Waals surface area contributed by atoms with Crippen molar-refractivity contribution in [1.82, 2.24) is 9.88 Å². The molecule has 1 saturated carbocycles. The zero-order valence-corrected chi connectivity index (χ0v) is 11.0. The van der Waals surface area contributed by atoms with Crippen LogP contribution in [0, 0.1) is 5.82 Å². The van der Waals surface area contributed by atoms with Crippen LogP contribution in [0.2, 0.25) is 0 Å². The van der Waals surface area contributed by atoms with E-state index in [4.69, 9.17) is 11.6 Å². The molecule has 1 aliphatic heterocycles. The van der Waals surface area contributed by atoms with Crippen LogP contribution in [-0.2, 0) is 5.88 Å². The summed E-state index contributed by atoms with van der Waals surface area (Å²) in [5.74, 6) is 0.402. The largest absolute Gasteiger partial charge is 0.352 e. The molecule has 0 bridgehead atoms. The minimum Gasteiger partial charge on any atom is -0.352 e. The van der Waals surface area contributed by atoms with Crippen LogP contribution in [0.5, 0.6) is 0 Å². The molecule has 2 fully saturated rings. The Bertz CT molecular complexity index is 428. The fourth-order valence-corrected chi connectivity index (χ4v) is 2.74. The third-order valence-corrected chi connectivity index (χ3v) is 4.06. The van der Waals surface area contributed by atoms with Gasteiger partial charge >= 0.3 is 0 Å². The molecular formula is C13H17ClFN3. The molecule has 0 amide bonds. The van der Waals surface area contributed by atoms with E-state index in [0.717, 1.165) is 32.2 Å². The number of alkyl halides is 1. The van der Waals surface area contributed by atoms with E-state index >= 15 is 0 Å². The Labute approximate surface area is 112 Å². The first-order chi connectivity index (χ1) is 8.79. The maximum absolute atomic E-state index is 14.1. The molecule has 0 aromatic carbocycles. The summed E-state index contributed by atoms with van der Waals surface area (Å²) in [5.41, 5.74) is 0.534. The summed E-state index contributed by atoms with van der Waals surface area (Å²) in [4.78, 5) is 8.70. The van der Waals surface area contributed by atoms with Crippen molar-refractivity contribution in [2.24, 2.45) is 0 Å². The minimum absolute atomic E-state index is 0.198. The van der Waals surface area contributed by atoms with Crippen molar-refractivity contribution in [3.8, 4) is 0 Å². The highest BCUT2D eigenvalue weighted by atomic mass is 35.5. The number of pyridine rings is 1. The Morgan fingerprint density at radius 3 is 2.61 bits per heavy atom. The summed E-state index contributed by atoms with van der Waals surface area (Å²) in [6.45, 7) is 3.73. The third-order valence-electron chi connectivity index (χ3n) is 3.77. The van der Waals surface area contributed by atoms with Crippen molar-refractivity contribution in [1.29, 1.82) is 0 Å². The predicted molar refractivity (Wildman–Crippen MR) is 70.6 cm³/mol. The lowest BCUT2D eigenvalue weighted by Crippen LogP contribution is -2.47. The molecule has 1 saturated heterocycles. The zero-order valence-electron chi connectivity index (χ0n) is 10.3. The number of hydrogen-bond donors (Lipinski definition) is 0. The Kier molecular flexibility index (Phi) is 3.39.